The predicted molar refractivity (Wildman–Crippen MR) is 150 cm³/mol. The molecular formula is C28H46N6. The van der Waals surface area contributed by atoms with Gasteiger partial charge in [-0.2, -0.15) is 0 Å². The lowest BCUT2D eigenvalue weighted by atomic mass is 10.1. The molecule has 1 saturated heterocycles. The summed E-state index contributed by atoms with van der Waals surface area (Å²) in [4.78, 5) is 2.62. The summed E-state index contributed by atoms with van der Waals surface area (Å²) in [6.07, 6.45) is 4.41. The van der Waals surface area contributed by atoms with Gasteiger partial charge in [0.05, 0.1) is 26.2 Å². The van der Waals surface area contributed by atoms with E-state index < -0.39 is 0 Å². The monoisotopic (exact) mass is 466 g/mol. The second-order valence-electron chi connectivity index (χ2n) is 9.53. The first kappa shape index (κ1) is 27.5. The zero-order valence-electron chi connectivity index (χ0n) is 21.6. The molecule has 1 heterocycles. The maximum absolute atomic E-state index is 5.93. The Bertz CT molecular complexity index is 902. The van der Waals surface area contributed by atoms with Crippen molar-refractivity contribution < 1.29 is 4.48 Å². The highest BCUT2D eigenvalue weighted by Crippen LogP contribution is 2.19. The summed E-state index contributed by atoms with van der Waals surface area (Å²) < 4.78 is 1.16. The van der Waals surface area contributed by atoms with Gasteiger partial charge >= 0.3 is 0 Å². The van der Waals surface area contributed by atoms with Crippen molar-refractivity contribution in [2.75, 3.05) is 81.0 Å². The van der Waals surface area contributed by atoms with Crippen LogP contribution in [0.15, 0.2) is 49.1 Å². The number of anilines is 4. The molecule has 6 heteroatoms. The van der Waals surface area contributed by atoms with Gasteiger partial charge in [0.2, 0.25) is 0 Å². The molecule has 1 aliphatic rings. The largest absolute Gasteiger partial charge is 0.399 e. The third-order valence-electron chi connectivity index (χ3n) is 6.96. The van der Waals surface area contributed by atoms with Gasteiger partial charge in [-0.15, -0.1) is 0 Å². The SMILES string of the molecule is C=CC[N+]1(CCCNc2ccc(N)c(C)c2)CCN(CCCNc2ccc(N)c(C)c2)CC1.[CH3-]. The van der Waals surface area contributed by atoms with Crippen LogP contribution >= 0.6 is 0 Å². The number of nitrogen functional groups attached to an aromatic ring is 2. The van der Waals surface area contributed by atoms with Gasteiger partial charge in [0.25, 0.3) is 0 Å². The van der Waals surface area contributed by atoms with Crippen molar-refractivity contribution in [3.8, 4) is 0 Å². The summed E-state index contributed by atoms with van der Waals surface area (Å²) >= 11 is 0. The Labute approximate surface area is 207 Å². The van der Waals surface area contributed by atoms with Crippen LogP contribution in [0.3, 0.4) is 0 Å². The van der Waals surface area contributed by atoms with Crippen molar-refractivity contribution in [1.82, 2.24) is 4.90 Å². The van der Waals surface area contributed by atoms with Gasteiger partial charge in [-0.3, -0.25) is 4.90 Å². The molecule has 0 bridgehead atoms. The highest BCUT2D eigenvalue weighted by molar-refractivity contribution is 5.57. The van der Waals surface area contributed by atoms with E-state index in [1.807, 2.05) is 12.1 Å². The van der Waals surface area contributed by atoms with Gasteiger partial charge < -0.3 is 34.0 Å². The maximum Gasteiger partial charge on any atom is 0.0971 e. The zero-order valence-corrected chi connectivity index (χ0v) is 21.6. The number of quaternary nitrogens is 1. The van der Waals surface area contributed by atoms with E-state index >= 15 is 0 Å². The first-order valence-corrected chi connectivity index (χ1v) is 12.3. The number of hydrogen-bond donors (Lipinski definition) is 4. The van der Waals surface area contributed by atoms with Crippen LogP contribution in [0.4, 0.5) is 22.7 Å². The van der Waals surface area contributed by atoms with Gasteiger partial charge in [0, 0.05) is 61.9 Å². The predicted octanol–water partition coefficient (Wildman–Crippen LogP) is 4.54. The number of hydrogen-bond acceptors (Lipinski definition) is 5. The number of nitrogens with one attached hydrogen (secondary N) is 2. The normalized spacial score (nSPS) is 15.4. The number of nitrogens with zero attached hydrogens (tertiary/aromatic N) is 2. The second kappa shape index (κ2) is 13.3. The van der Waals surface area contributed by atoms with Gasteiger partial charge in [-0.25, -0.2) is 0 Å². The zero-order chi connectivity index (χ0) is 23.7. The average molecular weight is 467 g/mol. The average Bonchev–Trinajstić information content (AvgIpc) is 2.80. The van der Waals surface area contributed by atoms with Crippen LogP contribution < -0.4 is 22.1 Å². The van der Waals surface area contributed by atoms with E-state index in [1.54, 1.807) is 0 Å². The number of aryl methyl sites for hydroxylation is 2. The molecule has 0 unspecified atom stereocenters. The standard InChI is InChI=1S/C27H43N6.CH3/c1-4-16-33(17-6-12-31-25-8-10-27(29)23(3)21-25)18-14-32(15-19-33)13-5-11-30-24-7-9-26(28)22(2)20-24;/h4,7-10,20-21,30-31H,1,5-6,11-19,28-29H2,2-3H3;1H3/q+1;-1. The van der Waals surface area contributed by atoms with Crippen LogP contribution in [-0.4, -0.2) is 68.3 Å². The van der Waals surface area contributed by atoms with Crippen LogP contribution in [0.2, 0.25) is 0 Å². The highest BCUT2D eigenvalue weighted by Gasteiger charge is 2.31. The third-order valence-corrected chi connectivity index (χ3v) is 6.96. The summed E-state index contributed by atoms with van der Waals surface area (Å²) in [5.74, 6) is 0. The van der Waals surface area contributed by atoms with Crippen molar-refractivity contribution in [3.63, 3.8) is 0 Å². The minimum absolute atomic E-state index is 0. The molecule has 0 atom stereocenters. The van der Waals surface area contributed by atoms with E-state index in [9.17, 15) is 0 Å². The van der Waals surface area contributed by atoms with E-state index in [0.29, 0.717) is 0 Å². The molecule has 0 saturated carbocycles. The van der Waals surface area contributed by atoms with Crippen LogP contribution in [0.25, 0.3) is 0 Å². The van der Waals surface area contributed by atoms with Crippen molar-refractivity contribution >= 4 is 22.7 Å². The fourth-order valence-corrected chi connectivity index (χ4v) is 4.68. The molecule has 188 valence electrons. The lowest BCUT2D eigenvalue weighted by molar-refractivity contribution is -0.926. The molecule has 3 rings (SSSR count). The number of rotatable bonds is 12. The Morgan fingerprint density at radius 1 is 0.912 bits per heavy atom. The van der Waals surface area contributed by atoms with Crippen molar-refractivity contribution in [1.29, 1.82) is 0 Å². The van der Waals surface area contributed by atoms with Crippen LogP contribution in [0, 0.1) is 21.3 Å². The van der Waals surface area contributed by atoms with E-state index in [0.717, 1.165) is 77.4 Å². The van der Waals surface area contributed by atoms with Gasteiger partial charge in [-0.1, -0.05) is 6.58 Å². The van der Waals surface area contributed by atoms with E-state index in [1.165, 1.54) is 32.7 Å². The molecule has 6 N–H and O–H groups in total. The summed E-state index contributed by atoms with van der Waals surface area (Å²) in [6.45, 7) is 18.3. The lowest BCUT2D eigenvalue weighted by Gasteiger charge is -2.44. The Hall–Kier alpha value is -2.70. The van der Waals surface area contributed by atoms with Crippen LogP contribution in [0.1, 0.15) is 24.0 Å². The molecule has 34 heavy (non-hydrogen) atoms. The molecule has 0 amide bonds. The summed E-state index contributed by atoms with van der Waals surface area (Å²) in [5.41, 5.74) is 18.1. The number of nitrogens with two attached hydrogens (primary N) is 2. The van der Waals surface area contributed by atoms with Crippen LogP contribution in [0.5, 0.6) is 0 Å². The second-order valence-corrected chi connectivity index (χ2v) is 9.53. The van der Waals surface area contributed by atoms with E-state index in [-0.39, 0.29) is 7.43 Å². The van der Waals surface area contributed by atoms with E-state index in [4.69, 9.17) is 11.5 Å². The molecule has 2 aromatic rings. The molecular weight excluding hydrogens is 420 g/mol. The summed E-state index contributed by atoms with van der Waals surface area (Å²) in [7, 11) is 0. The Kier molecular flexibility index (Phi) is 10.7. The quantitative estimate of drug-likeness (QED) is 0.121. The third kappa shape index (κ3) is 7.96. The fourth-order valence-electron chi connectivity index (χ4n) is 4.68. The molecule has 6 nitrogen and oxygen atoms in total. The Morgan fingerprint density at radius 3 is 1.94 bits per heavy atom. The number of piperazine rings is 1. The molecule has 1 fully saturated rings. The molecule has 0 aromatic heterocycles. The fraction of sp³-hybridized carbons (Fsp3) is 0.464. The van der Waals surface area contributed by atoms with Crippen LogP contribution in [-0.2, 0) is 0 Å². The summed E-state index contributed by atoms with van der Waals surface area (Å²) in [6, 6.07) is 12.3. The summed E-state index contributed by atoms with van der Waals surface area (Å²) in [5, 5.41) is 7.09. The number of benzene rings is 2. The highest BCUT2D eigenvalue weighted by atomic mass is 15.4. The molecule has 1 aliphatic heterocycles. The molecule has 0 aliphatic carbocycles. The minimum atomic E-state index is 0. The van der Waals surface area contributed by atoms with Crippen molar-refractivity contribution in [2.45, 2.75) is 26.7 Å². The molecule has 0 radical (unpaired) electrons. The topological polar surface area (TPSA) is 79.3 Å². The first-order chi connectivity index (χ1) is 15.9. The van der Waals surface area contributed by atoms with Crippen molar-refractivity contribution in [2.24, 2.45) is 0 Å². The molecule has 0 spiro atoms. The van der Waals surface area contributed by atoms with E-state index in [2.05, 4.69) is 66.3 Å². The lowest BCUT2D eigenvalue weighted by Crippen LogP contribution is -2.60. The maximum atomic E-state index is 5.93. The van der Waals surface area contributed by atoms with Gasteiger partial charge in [0.1, 0.15) is 0 Å². The molecule has 2 aromatic carbocycles. The smallest absolute Gasteiger partial charge is 0.0971 e. The first-order valence-electron chi connectivity index (χ1n) is 12.3. The van der Waals surface area contributed by atoms with Gasteiger partial charge in [0.15, 0.2) is 0 Å². The van der Waals surface area contributed by atoms with Crippen molar-refractivity contribution in [3.05, 3.63) is 67.6 Å². The minimum Gasteiger partial charge on any atom is -0.399 e. The Balaban J connectivity index is 0.00000408. The Morgan fingerprint density at radius 2 is 1.44 bits per heavy atom. The van der Waals surface area contributed by atoms with Gasteiger partial charge in [-0.05, 0) is 73.9 Å².